The number of benzene rings is 1. The van der Waals surface area contributed by atoms with Gasteiger partial charge in [0.15, 0.2) is 0 Å². The van der Waals surface area contributed by atoms with Gasteiger partial charge in [-0.05, 0) is 30.5 Å². The molecule has 0 radical (unpaired) electrons. The Morgan fingerprint density at radius 3 is 2.95 bits per heavy atom. The van der Waals surface area contributed by atoms with E-state index in [9.17, 15) is 4.39 Å². The summed E-state index contributed by atoms with van der Waals surface area (Å²) in [5.41, 5.74) is 1.19. The van der Waals surface area contributed by atoms with Crippen molar-refractivity contribution >= 4 is 0 Å². The van der Waals surface area contributed by atoms with E-state index in [0.717, 1.165) is 5.56 Å². The molecule has 1 saturated carbocycles. The first-order valence-electron chi connectivity index (χ1n) is 6.10. The SMILES string of the molecule is N#Cc1ncn(-c2ccc(CNC3CC3)cc2F)n1. The van der Waals surface area contributed by atoms with E-state index in [1.165, 1.54) is 29.9 Å². The lowest BCUT2D eigenvalue weighted by atomic mass is 10.2. The van der Waals surface area contributed by atoms with E-state index < -0.39 is 0 Å². The second kappa shape index (κ2) is 4.78. The normalized spacial score (nSPS) is 14.3. The molecule has 1 aliphatic carbocycles. The lowest BCUT2D eigenvalue weighted by Crippen LogP contribution is -2.15. The van der Waals surface area contributed by atoms with Crippen LogP contribution in [-0.2, 0) is 6.54 Å². The van der Waals surface area contributed by atoms with E-state index >= 15 is 0 Å². The third-order valence-corrected chi connectivity index (χ3v) is 3.02. The highest BCUT2D eigenvalue weighted by atomic mass is 19.1. The van der Waals surface area contributed by atoms with Crippen LogP contribution in [0.5, 0.6) is 0 Å². The van der Waals surface area contributed by atoms with Crippen LogP contribution in [0, 0.1) is 17.1 Å². The van der Waals surface area contributed by atoms with Crippen LogP contribution in [0.15, 0.2) is 24.5 Å². The van der Waals surface area contributed by atoms with Crippen molar-refractivity contribution in [1.29, 1.82) is 5.26 Å². The minimum atomic E-state index is -0.371. The first kappa shape index (κ1) is 11.8. The number of rotatable bonds is 4. The predicted octanol–water partition coefficient (Wildman–Crippen LogP) is 1.53. The van der Waals surface area contributed by atoms with Crippen molar-refractivity contribution < 1.29 is 4.39 Å². The number of nitrogens with zero attached hydrogens (tertiary/aromatic N) is 4. The van der Waals surface area contributed by atoms with Gasteiger partial charge in [-0.15, -0.1) is 5.10 Å². The Labute approximate surface area is 109 Å². The molecule has 2 aromatic rings. The molecular weight excluding hydrogens is 245 g/mol. The maximum atomic E-state index is 14.0. The monoisotopic (exact) mass is 257 g/mol. The van der Waals surface area contributed by atoms with Crippen LogP contribution in [0.4, 0.5) is 4.39 Å². The maximum absolute atomic E-state index is 14.0. The summed E-state index contributed by atoms with van der Waals surface area (Å²) < 4.78 is 15.3. The van der Waals surface area contributed by atoms with Crippen molar-refractivity contribution in [2.75, 3.05) is 0 Å². The molecule has 1 N–H and O–H groups in total. The van der Waals surface area contributed by atoms with Gasteiger partial charge in [0.2, 0.25) is 0 Å². The Kier molecular flexibility index (Phi) is 2.97. The summed E-state index contributed by atoms with van der Waals surface area (Å²) in [6.45, 7) is 0.669. The largest absolute Gasteiger partial charge is 0.310 e. The molecule has 1 heterocycles. The third kappa shape index (κ3) is 2.61. The zero-order valence-corrected chi connectivity index (χ0v) is 10.2. The van der Waals surface area contributed by atoms with Crippen LogP contribution in [0.1, 0.15) is 24.2 Å². The standard InChI is InChI=1S/C13H12FN5/c14-11-5-9(7-16-10-2-3-10)1-4-12(11)19-8-17-13(6-15)18-19/h1,4-5,8,10,16H,2-3,7H2. The fourth-order valence-corrected chi connectivity index (χ4v) is 1.83. The van der Waals surface area contributed by atoms with Gasteiger partial charge in [-0.2, -0.15) is 5.26 Å². The van der Waals surface area contributed by atoms with E-state index in [0.29, 0.717) is 18.3 Å². The Morgan fingerprint density at radius 2 is 2.32 bits per heavy atom. The Bertz CT molecular complexity index is 639. The molecule has 5 nitrogen and oxygen atoms in total. The third-order valence-electron chi connectivity index (χ3n) is 3.02. The lowest BCUT2D eigenvalue weighted by molar-refractivity contribution is 0.603. The van der Waals surface area contributed by atoms with Crippen LogP contribution in [-0.4, -0.2) is 20.8 Å². The summed E-state index contributed by atoms with van der Waals surface area (Å²) in [6, 6.07) is 7.39. The van der Waals surface area contributed by atoms with Crippen LogP contribution in [0.3, 0.4) is 0 Å². The Morgan fingerprint density at radius 1 is 1.47 bits per heavy atom. The fraction of sp³-hybridized carbons (Fsp3) is 0.308. The summed E-state index contributed by atoms with van der Waals surface area (Å²) in [5, 5.41) is 15.8. The quantitative estimate of drug-likeness (QED) is 0.902. The molecule has 0 spiro atoms. The molecular formula is C13H12FN5. The molecule has 0 atom stereocenters. The second-order valence-corrected chi connectivity index (χ2v) is 4.57. The molecule has 0 aliphatic heterocycles. The van der Waals surface area contributed by atoms with Gasteiger partial charge in [-0.25, -0.2) is 14.1 Å². The maximum Gasteiger partial charge on any atom is 0.252 e. The van der Waals surface area contributed by atoms with Crippen LogP contribution in [0.2, 0.25) is 0 Å². The van der Waals surface area contributed by atoms with Crippen molar-refractivity contribution in [3.63, 3.8) is 0 Å². The van der Waals surface area contributed by atoms with Gasteiger partial charge < -0.3 is 5.32 Å². The molecule has 6 heteroatoms. The van der Waals surface area contributed by atoms with E-state index in [1.807, 2.05) is 12.1 Å². The van der Waals surface area contributed by atoms with Crippen LogP contribution < -0.4 is 5.32 Å². The van der Waals surface area contributed by atoms with Gasteiger partial charge in [0.05, 0.1) is 0 Å². The average Bonchev–Trinajstić information content (AvgIpc) is 3.13. The summed E-state index contributed by atoms with van der Waals surface area (Å²) in [6.07, 6.45) is 3.74. The van der Waals surface area contributed by atoms with Gasteiger partial charge in [0.1, 0.15) is 23.9 Å². The highest BCUT2D eigenvalue weighted by molar-refractivity contribution is 5.35. The van der Waals surface area contributed by atoms with E-state index in [2.05, 4.69) is 15.4 Å². The average molecular weight is 257 g/mol. The highest BCUT2D eigenvalue weighted by Gasteiger charge is 2.20. The molecule has 96 valence electrons. The van der Waals surface area contributed by atoms with E-state index in [-0.39, 0.29) is 11.6 Å². The molecule has 0 bridgehead atoms. The van der Waals surface area contributed by atoms with Gasteiger partial charge in [-0.3, -0.25) is 0 Å². The number of hydrogen-bond donors (Lipinski definition) is 1. The molecule has 1 aromatic heterocycles. The number of nitrogens with one attached hydrogen (secondary N) is 1. The zero-order chi connectivity index (χ0) is 13.2. The van der Waals surface area contributed by atoms with Crippen molar-refractivity contribution in [2.45, 2.75) is 25.4 Å². The van der Waals surface area contributed by atoms with E-state index in [1.54, 1.807) is 6.07 Å². The summed E-state index contributed by atoms with van der Waals surface area (Å²) in [5.74, 6) is -0.344. The fourth-order valence-electron chi connectivity index (χ4n) is 1.83. The summed E-state index contributed by atoms with van der Waals surface area (Å²) >= 11 is 0. The van der Waals surface area contributed by atoms with Crippen LogP contribution in [0.25, 0.3) is 5.69 Å². The van der Waals surface area contributed by atoms with Crippen molar-refractivity contribution in [1.82, 2.24) is 20.1 Å². The minimum Gasteiger partial charge on any atom is -0.310 e. The van der Waals surface area contributed by atoms with Crippen molar-refractivity contribution in [3.05, 3.63) is 41.7 Å². The lowest BCUT2D eigenvalue weighted by Gasteiger charge is -2.06. The number of halogens is 1. The summed E-state index contributed by atoms with van der Waals surface area (Å²) in [4.78, 5) is 3.75. The molecule has 0 saturated heterocycles. The van der Waals surface area contributed by atoms with Crippen molar-refractivity contribution in [2.24, 2.45) is 0 Å². The topological polar surface area (TPSA) is 66.5 Å². The van der Waals surface area contributed by atoms with Gasteiger partial charge >= 0.3 is 0 Å². The van der Waals surface area contributed by atoms with Gasteiger partial charge in [0, 0.05) is 12.6 Å². The molecule has 3 rings (SSSR count). The molecule has 1 aliphatic rings. The molecule has 0 unspecified atom stereocenters. The Hall–Kier alpha value is -2.26. The number of hydrogen-bond acceptors (Lipinski definition) is 4. The van der Waals surface area contributed by atoms with Crippen molar-refractivity contribution in [3.8, 4) is 11.8 Å². The molecule has 19 heavy (non-hydrogen) atoms. The minimum absolute atomic E-state index is 0.0267. The highest BCUT2D eigenvalue weighted by Crippen LogP contribution is 2.20. The Balaban J connectivity index is 1.80. The first-order chi connectivity index (χ1) is 9.26. The smallest absolute Gasteiger partial charge is 0.252 e. The molecule has 1 aromatic carbocycles. The van der Waals surface area contributed by atoms with Gasteiger partial charge in [0.25, 0.3) is 5.82 Å². The first-order valence-corrected chi connectivity index (χ1v) is 6.10. The predicted molar refractivity (Wildman–Crippen MR) is 65.9 cm³/mol. The van der Waals surface area contributed by atoms with E-state index in [4.69, 9.17) is 5.26 Å². The molecule has 0 amide bonds. The number of nitriles is 1. The zero-order valence-electron chi connectivity index (χ0n) is 10.2. The molecule has 1 fully saturated rings. The summed E-state index contributed by atoms with van der Waals surface area (Å²) in [7, 11) is 0. The van der Waals surface area contributed by atoms with Gasteiger partial charge in [-0.1, -0.05) is 6.07 Å². The number of aromatic nitrogens is 3. The second-order valence-electron chi connectivity index (χ2n) is 4.57. The van der Waals surface area contributed by atoms with Crippen LogP contribution >= 0.6 is 0 Å².